The Morgan fingerprint density at radius 2 is 1.88 bits per heavy atom. The standard InChI is InChI=1S/C17H13F3N4O2/c1-23-7-5-11(9-15(23)25)16(26)21-14-6-8-24(22-14)13-4-2-3-12(10-13)17(18,19)20/h2-10H,1H3,(H,21,22,26). The second kappa shape index (κ2) is 6.51. The molecule has 3 rings (SSSR count). The van der Waals surface area contributed by atoms with E-state index in [1.165, 1.54) is 52.0 Å². The second-order valence-corrected chi connectivity index (χ2v) is 5.51. The van der Waals surface area contributed by atoms with Crippen LogP contribution in [0, 0.1) is 0 Å². The molecule has 0 aliphatic rings. The Kier molecular flexibility index (Phi) is 4.37. The Labute approximate surface area is 145 Å². The van der Waals surface area contributed by atoms with Crippen molar-refractivity contribution in [1.29, 1.82) is 0 Å². The van der Waals surface area contributed by atoms with E-state index in [9.17, 15) is 22.8 Å². The summed E-state index contributed by atoms with van der Waals surface area (Å²) in [4.78, 5) is 23.7. The van der Waals surface area contributed by atoms with Crippen LogP contribution >= 0.6 is 0 Å². The average molecular weight is 362 g/mol. The molecule has 9 heteroatoms. The largest absolute Gasteiger partial charge is 0.416 e. The fraction of sp³-hybridized carbons (Fsp3) is 0.118. The molecule has 1 N–H and O–H groups in total. The summed E-state index contributed by atoms with van der Waals surface area (Å²) in [6.07, 6.45) is -1.58. The van der Waals surface area contributed by atoms with Gasteiger partial charge in [0.05, 0.1) is 11.3 Å². The normalized spacial score (nSPS) is 11.4. The minimum absolute atomic E-state index is 0.146. The summed E-state index contributed by atoms with van der Waals surface area (Å²) < 4.78 is 40.9. The van der Waals surface area contributed by atoms with E-state index < -0.39 is 17.6 Å². The zero-order valence-corrected chi connectivity index (χ0v) is 13.5. The summed E-state index contributed by atoms with van der Waals surface area (Å²) >= 11 is 0. The number of hydrogen-bond donors (Lipinski definition) is 1. The number of alkyl halides is 3. The summed E-state index contributed by atoms with van der Waals surface area (Å²) in [6, 6.07) is 8.76. The minimum Gasteiger partial charge on any atom is -0.319 e. The van der Waals surface area contributed by atoms with Crippen LogP contribution in [0.1, 0.15) is 15.9 Å². The van der Waals surface area contributed by atoms with Gasteiger partial charge in [0, 0.05) is 37.1 Å². The summed E-state index contributed by atoms with van der Waals surface area (Å²) in [5.41, 5.74) is -0.779. The number of nitrogens with one attached hydrogen (secondary N) is 1. The highest BCUT2D eigenvalue weighted by atomic mass is 19.4. The van der Waals surface area contributed by atoms with Crippen LogP contribution in [0.2, 0.25) is 0 Å². The molecular weight excluding hydrogens is 349 g/mol. The molecule has 26 heavy (non-hydrogen) atoms. The predicted molar refractivity (Wildman–Crippen MR) is 88.2 cm³/mol. The third-order valence-corrected chi connectivity index (χ3v) is 3.64. The lowest BCUT2D eigenvalue weighted by Crippen LogP contribution is -2.20. The molecule has 0 bridgehead atoms. The Balaban J connectivity index is 1.81. The first-order valence-corrected chi connectivity index (χ1v) is 7.45. The summed E-state index contributed by atoms with van der Waals surface area (Å²) in [5.74, 6) is -0.398. The van der Waals surface area contributed by atoms with Gasteiger partial charge < -0.3 is 9.88 Å². The van der Waals surface area contributed by atoms with Gasteiger partial charge in [-0.1, -0.05) is 6.07 Å². The van der Waals surface area contributed by atoms with Crippen molar-refractivity contribution >= 4 is 11.7 Å². The minimum atomic E-state index is -4.46. The lowest BCUT2D eigenvalue weighted by molar-refractivity contribution is -0.137. The fourth-order valence-corrected chi connectivity index (χ4v) is 2.24. The van der Waals surface area contributed by atoms with Crippen LogP contribution < -0.4 is 10.9 Å². The molecule has 2 heterocycles. The van der Waals surface area contributed by atoms with Crippen LogP contribution in [0.15, 0.2) is 59.7 Å². The second-order valence-electron chi connectivity index (χ2n) is 5.51. The number of rotatable bonds is 3. The summed E-state index contributed by atoms with van der Waals surface area (Å²) in [5, 5.41) is 6.54. The number of hydrogen-bond acceptors (Lipinski definition) is 3. The number of carbonyl (C=O) groups is 1. The Hall–Kier alpha value is -3.36. The Bertz CT molecular complexity index is 1020. The van der Waals surface area contributed by atoms with E-state index in [1.807, 2.05) is 0 Å². The van der Waals surface area contributed by atoms with Crippen molar-refractivity contribution < 1.29 is 18.0 Å². The van der Waals surface area contributed by atoms with Gasteiger partial charge in [-0.05, 0) is 24.3 Å². The number of carbonyl (C=O) groups excluding carboxylic acids is 1. The third-order valence-electron chi connectivity index (χ3n) is 3.64. The zero-order valence-electron chi connectivity index (χ0n) is 13.5. The van der Waals surface area contributed by atoms with Crippen molar-refractivity contribution in [2.45, 2.75) is 6.18 Å². The zero-order chi connectivity index (χ0) is 18.9. The summed E-state index contributed by atoms with van der Waals surface area (Å²) in [6.45, 7) is 0. The van der Waals surface area contributed by atoms with Gasteiger partial charge in [0.2, 0.25) is 0 Å². The number of anilines is 1. The van der Waals surface area contributed by atoms with E-state index in [0.717, 1.165) is 12.1 Å². The molecular formula is C17H13F3N4O2. The Morgan fingerprint density at radius 1 is 1.12 bits per heavy atom. The smallest absolute Gasteiger partial charge is 0.319 e. The number of aryl methyl sites for hydroxylation is 1. The molecule has 1 amide bonds. The SMILES string of the molecule is Cn1ccc(C(=O)Nc2ccn(-c3cccc(C(F)(F)F)c3)n2)cc1=O. The lowest BCUT2D eigenvalue weighted by Gasteiger charge is -2.08. The molecule has 0 radical (unpaired) electrons. The van der Waals surface area contributed by atoms with Gasteiger partial charge >= 0.3 is 6.18 Å². The van der Waals surface area contributed by atoms with Crippen molar-refractivity contribution in [2.75, 3.05) is 5.32 Å². The molecule has 3 aromatic rings. The highest BCUT2D eigenvalue weighted by Gasteiger charge is 2.30. The van der Waals surface area contributed by atoms with E-state index in [4.69, 9.17) is 0 Å². The van der Waals surface area contributed by atoms with Crippen LogP contribution in [0.25, 0.3) is 5.69 Å². The van der Waals surface area contributed by atoms with Crippen LogP contribution in [0.3, 0.4) is 0 Å². The van der Waals surface area contributed by atoms with E-state index >= 15 is 0 Å². The van der Waals surface area contributed by atoms with Crippen LogP contribution in [0.4, 0.5) is 19.0 Å². The molecule has 0 fully saturated rings. The first kappa shape index (κ1) is 17.5. The van der Waals surface area contributed by atoms with Crippen molar-refractivity contribution in [3.8, 4) is 5.69 Å². The van der Waals surface area contributed by atoms with Gasteiger partial charge in [-0.15, -0.1) is 0 Å². The number of benzene rings is 1. The molecule has 0 aliphatic carbocycles. The van der Waals surface area contributed by atoms with Gasteiger partial charge in [0.25, 0.3) is 11.5 Å². The van der Waals surface area contributed by atoms with Crippen molar-refractivity contribution in [3.05, 3.63) is 76.3 Å². The molecule has 0 unspecified atom stereocenters. The number of aromatic nitrogens is 3. The van der Waals surface area contributed by atoms with Gasteiger partial charge in [-0.25, -0.2) is 4.68 Å². The molecule has 1 aromatic carbocycles. The molecule has 0 atom stereocenters. The van der Waals surface area contributed by atoms with E-state index in [1.54, 1.807) is 7.05 Å². The van der Waals surface area contributed by atoms with Crippen LogP contribution in [-0.2, 0) is 13.2 Å². The fourth-order valence-electron chi connectivity index (χ4n) is 2.24. The Morgan fingerprint density at radius 3 is 2.58 bits per heavy atom. The average Bonchev–Trinajstić information content (AvgIpc) is 3.05. The maximum Gasteiger partial charge on any atom is 0.416 e. The third kappa shape index (κ3) is 3.66. The number of pyridine rings is 1. The highest BCUT2D eigenvalue weighted by Crippen LogP contribution is 2.30. The highest BCUT2D eigenvalue weighted by molar-refractivity contribution is 6.03. The van der Waals surface area contributed by atoms with Crippen LogP contribution in [0.5, 0.6) is 0 Å². The number of amides is 1. The van der Waals surface area contributed by atoms with Crippen LogP contribution in [-0.4, -0.2) is 20.3 Å². The van der Waals surface area contributed by atoms with Crippen molar-refractivity contribution in [1.82, 2.24) is 14.3 Å². The quantitative estimate of drug-likeness (QED) is 0.779. The molecule has 0 saturated carbocycles. The first-order chi connectivity index (χ1) is 12.2. The van der Waals surface area contributed by atoms with E-state index in [-0.39, 0.29) is 22.6 Å². The van der Waals surface area contributed by atoms with Gasteiger partial charge in [0.1, 0.15) is 0 Å². The summed E-state index contributed by atoms with van der Waals surface area (Å²) in [7, 11) is 1.56. The van der Waals surface area contributed by atoms with Gasteiger partial charge in [-0.2, -0.15) is 18.3 Å². The van der Waals surface area contributed by atoms with Crippen molar-refractivity contribution in [2.24, 2.45) is 7.05 Å². The molecule has 0 spiro atoms. The topological polar surface area (TPSA) is 68.9 Å². The van der Waals surface area contributed by atoms with E-state index in [0.29, 0.717) is 0 Å². The van der Waals surface area contributed by atoms with Gasteiger partial charge in [-0.3, -0.25) is 9.59 Å². The molecule has 6 nitrogen and oxygen atoms in total. The predicted octanol–water partition coefficient (Wildman–Crippen LogP) is 2.84. The maximum absolute atomic E-state index is 12.8. The first-order valence-electron chi connectivity index (χ1n) is 7.45. The molecule has 134 valence electrons. The molecule has 0 saturated heterocycles. The van der Waals surface area contributed by atoms with Gasteiger partial charge in [0.15, 0.2) is 5.82 Å². The molecule has 0 aliphatic heterocycles. The number of halogens is 3. The molecule has 2 aromatic heterocycles. The number of nitrogens with zero attached hydrogens (tertiary/aromatic N) is 3. The van der Waals surface area contributed by atoms with Crippen molar-refractivity contribution in [3.63, 3.8) is 0 Å². The lowest BCUT2D eigenvalue weighted by atomic mass is 10.2. The monoisotopic (exact) mass is 362 g/mol. The van der Waals surface area contributed by atoms with E-state index in [2.05, 4.69) is 10.4 Å². The maximum atomic E-state index is 12.8.